The highest BCUT2D eigenvalue weighted by Gasteiger charge is 2.09. The molecule has 66 valence electrons. The van der Waals surface area contributed by atoms with E-state index in [4.69, 9.17) is 11.5 Å². The Balaban J connectivity index is 3.28. The van der Waals surface area contributed by atoms with Gasteiger partial charge in [-0.05, 0) is 15.9 Å². The fourth-order valence-corrected chi connectivity index (χ4v) is 1.30. The first-order chi connectivity index (χ1) is 5.52. The van der Waals surface area contributed by atoms with E-state index in [2.05, 4.69) is 25.9 Å². The van der Waals surface area contributed by atoms with Gasteiger partial charge in [0, 0.05) is 14.1 Å². The zero-order chi connectivity index (χ0) is 9.30. The number of hydrogen-bond donors (Lipinski definition) is 2. The van der Waals surface area contributed by atoms with E-state index in [1.54, 1.807) is 4.90 Å². The van der Waals surface area contributed by atoms with Gasteiger partial charge in [0.15, 0.2) is 0 Å². The minimum Gasteiger partial charge on any atom is -0.383 e. The molecule has 0 aliphatic heterocycles. The standard InChI is InChI=1S/C6H10BrN5/c1-12(2)5-3(7)4(8)10-6(9)11-5/h1-2H3,(H4,8,9,10,11). The Labute approximate surface area is 78.9 Å². The second kappa shape index (κ2) is 3.14. The normalized spacial score (nSPS) is 9.92. The van der Waals surface area contributed by atoms with Crippen LogP contribution in [0.25, 0.3) is 0 Å². The third kappa shape index (κ3) is 1.58. The van der Waals surface area contributed by atoms with Crippen molar-refractivity contribution in [3.8, 4) is 0 Å². The van der Waals surface area contributed by atoms with Gasteiger partial charge in [0.05, 0.1) is 0 Å². The van der Waals surface area contributed by atoms with Gasteiger partial charge in [0.1, 0.15) is 16.1 Å². The van der Waals surface area contributed by atoms with E-state index in [9.17, 15) is 0 Å². The summed E-state index contributed by atoms with van der Waals surface area (Å²) in [7, 11) is 3.71. The molecule has 1 aromatic rings. The molecule has 0 spiro atoms. The molecule has 0 saturated carbocycles. The Morgan fingerprint density at radius 3 is 2.33 bits per heavy atom. The van der Waals surface area contributed by atoms with Gasteiger partial charge in [0.2, 0.25) is 5.95 Å². The van der Waals surface area contributed by atoms with E-state index < -0.39 is 0 Å². The lowest BCUT2D eigenvalue weighted by Crippen LogP contribution is -2.14. The Kier molecular flexibility index (Phi) is 2.37. The molecule has 0 atom stereocenters. The Morgan fingerprint density at radius 1 is 1.25 bits per heavy atom. The van der Waals surface area contributed by atoms with Crippen LogP contribution in [-0.2, 0) is 0 Å². The number of anilines is 3. The lowest BCUT2D eigenvalue weighted by molar-refractivity contribution is 1.04. The van der Waals surface area contributed by atoms with E-state index in [1.165, 1.54) is 0 Å². The van der Waals surface area contributed by atoms with Gasteiger partial charge in [-0.25, -0.2) is 0 Å². The number of aromatic nitrogens is 2. The largest absolute Gasteiger partial charge is 0.383 e. The number of nitrogens with zero attached hydrogens (tertiary/aromatic N) is 3. The van der Waals surface area contributed by atoms with Crippen molar-refractivity contribution in [2.24, 2.45) is 0 Å². The van der Waals surface area contributed by atoms with Gasteiger partial charge < -0.3 is 16.4 Å². The van der Waals surface area contributed by atoms with Crippen molar-refractivity contribution in [1.82, 2.24) is 9.97 Å². The Bertz CT molecular complexity index is 298. The molecule has 0 fully saturated rings. The third-order valence-corrected chi connectivity index (χ3v) is 2.06. The van der Waals surface area contributed by atoms with E-state index >= 15 is 0 Å². The molecule has 0 aromatic carbocycles. The predicted octanol–water partition coefficient (Wildman–Crippen LogP) is 0.470. The van der Waals surface area contributed by atoms with Crippen molar-refractivity contribution >= 4 is 33.5 Å². The number of rotatable bonds is 1. The summed E-state index contributed by atoms with van der Waals surface area (Å²) in [5, 5.41) is 0. The van der Waals surface area contributed by atoms with Crippen LogP contribution in [0.2, 0.25) is 0 Å². The van der Waals surface area contributed by atoms with Crippen molar-refractivity contribution < 1.29 is 0 Å². The summed E-state index contributed by atoms with van der Waals surface area (Å²) in [5.41, 5.74) is 11.0. The van der Waals surface area contributed by atoms with Crippen LogP contribution in [0, 0.1) is 0 Å². The molecule has 4 N–H and O–H groups in total. The number of nitrogens with two attached hydrogens (primary N) is 2. The summed E-state index contributed by atoms with van der Waals surface area (Å²) in [4.78, 5) is 9.59. The Hall–Kier alpha value is -1.04. The summed E-state index contributed by atoms with van der Waals surface area (Å²) in [6, 6.07) is 0. The van der Waals surface area contributed by atoms with Gasteiger partial charge >= 0.3 is 0 Å². The van der Waals surface area contributed by atoms with E-state index in [-0.39, 0.29) is 5.95 Å². The minimum atomic E-state index is 0.180. The second-order valence-corrected chi connectivity index (χ2v) is 3.29. The molecule has 6 heteroatoms. The topological polar surface area (TPSA) is 81.1 Å². The molecule has 0 aliphatic rings. The molecule has 0 saturated heterocycles. The van der Waals surface area contributed by atoms with Crippen LogP contribution < -0.4 is 16.4 Å². The van der Waals surface area contributed by atoms with Crippen LogP contribution in [-0.4, -0.2) is 24.1 Å². The summed E-state index contributed by atoms with van der Waals surface area (Å²) in [6.07, 6.45) is 0. The van der Waals surface area contributed by atoms with Gasteiger partial charge in [-0.2, -0.15) is 9.97 Å². The van der Waals surface area contributed by atoms with Crippen LogP contribution in [0.1, 0.15) is 0 Å². The van der Waals surface area contributed by atoms with Crippen molar-refractivity contribution in [2.45, 2.75) is 0 Å². The quantitative estimate of drug-likeness (QED) is 0.735. The zero-order valence-corrected chi connectivity index (χ0v) is 8.46. The van der Waals surface area contributed by atoms with Crippen molar-refractivity contribution in [1.29, 1.82) is 0 Å². The highest BCUT2D eigenvalue weighted by Crippen LogP contribution is 2.27. The minimum absolute atomic E-state index is 0.180. The number of hydrogen-bond acceptors (Lipinski definition) is 5. The first-order valence-corrected chi connectivity index (χ1v) is 4.07. The van der Waals surface area contributed by atoms with Crippen LogP contribution in [0.3, 0.4) is 0 Å². The summed E-state index contributed by atoms with van der Waals surface area (Å²) < 4.78 is 0.668. The molecule has 12 heavy (non-hydrogen) atoms. The smallest absolute Gasteiger partial charge is 0.224 e. The van der Waals surface area contributed by atoms with Crippen molar-refractivity contribution in [3.05, 3.63) is 4.47 Å². The fraction of sp³-hybridized carbons (Fsp3) is 0.333. The van der Waals surface area contributed by atoms with E-state index in [0.29, 0.717) is 16.1 Å². The average Bonchev–Trinajstić information content (AvgIpc) is 1.96. The fourth-order valence-electron chi connectivity index (χ4n) is 0.766. The SMILES string of the molecule is CN(C)c1nc(N)nc(N)c1Br. The highest BCUT2D eigenvalue weighted by molar-refractivity contribution is 9.10. The molecule has 1 rings (SSSR count). The maximum absolute atomic E-state index is 5.55. The molecule has 0 unspecified atom stereocenters. The molecular formula is C6H10BrN5. The number of nitrogen functional groups attached to an aromatic ring is 2. The van der Waals surface area contributed by atoms with Crippen molar-refractivity contribution in [2.75, 3.05) is 30.5 Å². The maximum Gasteiger partial charge on any atom is 0.224 e. The summed E-state index contributed by atoms with van der Waals surface area (Å²) in [6.45, 7) is 0. The molecule has 1 aromatic heterocycles. The van der Waals surface area contributed by atoms with Crippen LogP contribution >= 0.6 is 15.9 Å². The van der Waals surface area contributed by atoms with E-state index in [1.807, 2.05) is 14.1 Å². The van der Waals surface area contributed by atoms with Gasteiger partial charge in [-0.3, -0.25) is 0 Å². The molecule has 5 nitrogen and oxygen atoms in total. The molecule has 0 amide bonds. The third-order valence-electron chi connectivity index (χ3n) is 1.30. The Morgan fingerprint density at radius 2 is 1.83 bits per heavy atom. The monoisotopic (exact) mass is 231 g/mol. The summed E-state index contributed by atoms with van der Waals surface area (Å²) >= 11 is 3.27. The lowest BCUT2D eigenvalue weighted by atomic mass is 10.5. The second-order valence-electron chi connectivity index (χ2n) is 2.50. The van der Waals surface area contributed by atoms with Crippen LogP contribution in [0.15, 0.2) is 4.47 Å². The molecule has 0 radical (unpaired) electrons. The first kappa shape index (κ1) is 9.05. The van der Waals surface area contributed by atoms with Crippen molar-refractivity contribution in [3.63, 3.8) is 0 Å². The molecular weight excluding hydrogens is 222 g/mol. The average molecular weight is 232 g/mol. The number of halogens is 1. The lowest BCUT2D eigenvalue weighted by Gasteiger charge is -2.13. The summed E-state index contributed by atoms with van der Waals surface area (Å²) in [5.74, 6) is 1.21. The van der Waals surface area contributed by atoms with E-state index in [0.717, 1.165) is 0 Å². The predicted molar refractivity (Wildman–Crippen MR) is 52.9 cm³/mol. The van der Waals surface area contributed by atoms with Gasteiger partial charge in [-0.15, -0.1) is 0 Å². The molecule has 1 heterocycles. The zero-order valence-electron chi connectivity index (χ0n) is 6.87. The van der Waals surface area contributed by atoms with Gasteiger partial charge in [0.25, 0.3) is 0 Å². The molecule has 0 bridgehead atoms. The van der Waals surface area contributed by atoms with Crippen LogP contribution in [0.4, 0.5) is 17.6 Å². The maximum atomic E-state index is 5.55. The van der Waals surface area contributed by atoms with Gasteiger partial charge in [-0.1, -0.05) is 0 Å². The molecule has 0 aliphatic carbocycles. The van der Waals surface area contributed by atoms with Crippen LogP contribution in [0.5, 0.6) is 0 Å². The highest BCUT2D eigenvalue weighted by atomic mass is 79.9. The first-order valence-electron chi connectivity index (χ1n) is 3.28.